The van der Waals surface area contributed by atoms with Gasteiger partial charge in [0.05, 0.1) is 19.1 Å². The molecule has 0 saturated carbocycles. The van der Waals surface area contributed by atoms with Gasteiger partial charge in [0.15, 0.2) is 0 Å². The van der Waals surface area contributed by atoms with Crippen molar-refractivity contribution in [3.05, 3.63) is 0 Å². The minimum atomic E-state index is -0.420. The number of rotatable bonds is 6. The van der Waals surface area contributed by atoms with Crippen LogP contribution in [0, 0.1) is 22.7 Å². The summed E-state index contributed by atoms with van der Waals surface area (Å²) in [7, 11) is 1.45. The van der Waals surface area contributed by atoms with Gasteiger partial charge >= 0.3 is 5.97 Å². The zero-order chi connectivity index (χ0) is 16.1. The van der Waals surface area contributed by atoms with E-state index in [-0.39, 0.29) is 28.6 Å². The normalized spacial score (nSPS) is 17.4. The second-order valence-corrected chi connectivity index (χ2v) is 8.27. The largest absolute Gasteiger partial charge is 0.469 e. The van der Waals surface area contributed by atoms with Gasteiger partial charge in [-0.05, 0) is 42.9 Å². The van der Waals surface area contributed by atoms with E-state index in [1.807, 2.05) is 6.92 Å². The van der Waals surface area contributed by atoms with Gasteiger partial charge in [0.25, 0.3) is 0 Å². The van der Waals surface area contributed by atoms with Crippen LogP contribution >= 0.6 is 0 Å². The molecule has 0 heterocycles. The predicted octanol–water partition coefficient (Wildman–Crippen LogP) is 4.04. The lowest BCUT2D eigenvalue weighted by Crippen LogP contribution is -2.34. The summed E-state index contributed by atoms with van der Waals surface area (Å²) < 4.78 is 4.95. The molecule has 0 amide bonds. The van der Waals surface area contributed by atoms with Crippen molar-refractivity contribution >= 4 is 5.97 Å². The third-order valence-corrected chi connectivity index (χ3v) is 4.01. The molecule has 20 heavy (non-hydrogen) atoms. The first-order valence-electron chi connectivity index (χ1n) is 7.64. The molecule has 0 aliphatic rings. The molecule has 0 spiro atoms. The molecule has 3 heteroatoms. The van der Waals surface area contributed by atoms with Crippen molar-refractivity contribution in [1.82, 2.24) is 0 Å². The van der Waals surface area contributed by atoms with Crippen LogP contribution in [-0.2, 0) is 9.53 Å². The third kappa shape index (κ3) is 7.28. The lowest BCUT2D eigenvalue weighted by molar-refractivity contribution is -0.147. The van der Waals surface area contributed by atoms with Gasteiger partial charge in [-0.3, -0.25) is 4.79 Å². The highest BCUT2D eigenvalue weighted by molar-refractivity contribution is 5.72. The number of hydrogen-bond acceptors (Lipinski definition) is 3. The molecular weight excluding hydrogens is 252 g/mol. The fraction of sp³-hybridized carbons (Fsp3) is 0.941. The van der Waals surface area contributed by atoms with Crippen LogP contribution in [0.25, 0.3) is 0 Å². The van der Waals surface area contributed by atoms with E-state index >= 15 is 0 Å². The Bertz CT molecular complexity index is 294. The number of aliphatic hydroxyl groups is 1. The van der Waals surface area contributed by atoms with Crippen LogP contribution in [0.15, 0.2) is 0 Å². The lowest BCUT2D eigenvalue weighted by atomic mass is 9.72. The standard InChI is InChI=1S/C17H34O3/c1-12(18)14(17(5,6)7)11-13(15(19)20-8)9-10-16(2,3)4/h12-14,18H,9-11H2,1-8H3. The smallest absolute Gasteiger partial charge is 0.308 e. The summed E-state index contributed by atoms with van der Waals surface area (Å²) in [4.78, 5) is 12.0. The van der Waals surface area contributed by atoms with Crippen LogP contribution in [-0.4, -0.2) is 24.3 Å². The number of esters is 1. The number of carbonyl (C=O) groups is 1. The fourth-order valence-corrected chi connectivity index (χ4v) is 2.69. The van der Waals surface area contributed by atoms with Gasteiger partial charge < -0.3 is 9.84 Å². The van der Waals surface area contributed by atoms with E-state index in [0.717, 1.165) is 12.8 Å². The summed E-state index contributed by atoms with van der Waals surface area (Å²) in [6.07, 6.45) is 2.06. The van der Waals surface area contributed by atoms with Crippen molar-refractivity contribution in [1.29, 1.82) is 0 Å². The molecule has 0 saturated heterocycles. The Morgan fingerprint density at radius 2 is 1.65 bits per heavy atom. The summed E-state index contributed by atoms with van der Waals surface area (Å²) in [6, 6.07) is 0. The Kier molecular flexibility index (Phi) is 7.23. The Morgan fingerprint density at radius 1 is 1.15 bits per heavy atom. The number of aliphatic hydroxyl groups excluding tert-OH is 1. The van der Waals surface area contributed by atoms with Gasteiger partial charge in [-0.25, -0.2) is 0 Å². The molecule has 1 N–H and O–H groups in total. The highest BCUT2D eigenvalue weighted by atomic mass is 16.5. The molecule has 0 aromatic carbocycles. The molecule has 0 aliphatic carbocycles. The number of methoxy groups -OCH3 is 1. The summed E-state index contributed by atoms with van der Waals surface area (Å²) in [5.74, 6) is -0.186. The summed E-state index contributed by atoms with van der Waals surface area (Å²) >= 11 is 0. The lowest BCUT2D eigenvalue weighted by Gasteiger charge is -2.35. The van der Waals surface area contributed by atoms with Crippen molar-refractivity contribution < 1.29 is 14.6 Å². The van der Waals surface area contributed by atoms with Gasteiger partial charge in [0, 0.05) is 0 Å². The van der Waals surface area contributed by atoms with E-state index in [2.05, 4.69) is 41.5 Å². The maximum Gasteiger partial charge on any atom is 0.308 e. The van der Waals surface area contributed by atoms with E-state index in [1.165, 1.54) is 7.11 Å². The van der Waals surface area contributed by atoms with Gasteiger partial charge in [0.1, 0.15) is 0 Å². The van der Waals surface area contributed by atoms with Crippen molar-refractivity contribution in [3.8, 4) is 0 Å². The highest BCUT2D eigenvalue weighted by Gasteiger charge is 2.34. The van der Waals surface area contributed by atoms with E-state index < -0.39 is 6.10 Å². The van der Waals surface area contributed by atoms with Crippen LogP contribution in [0.5, 0.6) is 0 Å². The minimum absolute atomic E-state index is 0.0256. The monoisotopic (exact) mass is 286 g/mol. The van der Waals surface area contributed by atoms with E-state index in [4.69, 9.17) is 4.74 Å². The Balaban J connectivity index is 4.91. The third-order valence-electron chi connectivity index (χ3n) is 4.01. The molecule has 3 unspecified atom stereocenters. The van der Waals surface area contributed by atoms with Gasteiger partial charge in [-0.15, -0.1) is 0 Å². The van der Waals surface area contributed by atoms with Crippen LogP contribution in [0.4, 0.5) is 0 Å². The molecular formula is C17H34O3. The van der Waals surface area contributed by atoms with Crippen LogP contribution in [0.1, 0.15) is 67.7 Å². The molecule has 120 valence electrons. The molecule has 0 radical (unpaired) electrons. The second-order valence-electron chi connectivity index (χ2n) is 8.27. The summed E-state index contributed by atoms with van der Waals surface area (Å²) in [5.41, 5.74) is 0.177. The number of ether oxygens (including phenoxy) is 1. The predicted molar refractivity (Wildman–Crippen MR) is 83.4 cm³/mol. The zero-order valence-electron chi connectivity index (χ0n) is 14.6. The molecule has 3 nitrogen and oxygen atoms in total. The maximum atomic E-state index is 12.0. The molecule has 0 aromatic rings. The highest BCUT2D eigenvalue weighted by Crippen LogP contribution is 2.36. The quantitative estimate of drug-likeness (QED) is 0.750. The zero-order valence-corrected chi connectivity index (χ0v) is 14.6. The molecule has 0 rings (SSSR count). The molecule has 3 atom stereocenters. The van der Waals surface area contributed by atoms with Crippen LogP contribution < -0.4 is 0 Å². The SMILES string of the molecule is COC(=O)C(CCC(C)(C)C)CC(C(C)O)C(C)(C)C. The number of carbonyl (C=O) groups excluding carboxylic acids is 1. The number of hydrogen-bond donors (Lipinski definition) is 1. The average Bonchev–Trinajstić information content (AvgIpc) is 2.24. The summed E-state index contributed by atoms with van der Waals surface area (Å²) in [5, 5.41) is 10.0. The Labute approximate surface area is 125 Å². The average molecular weight is 286 g/mol. The van der Waals surface area contributed by atoms with Crippen molar-refractivity contribution in [2.24, 2.45) is 22.7 Å². The van der Waals surface area contributed by atoms with E-state index in [9.17, 15) is 9.90 Å². The van der Waals surface area contributed by atoms with Crippen LogP contribution in [0.2, 0.25) is 0 Å². The van der Waals surface area contributed by atoms with Crippen molar-refractivity contribution in [3.63, 3.8) is 0 Å². The van der Waals surface area contributed by atoms with Gasteiger partial charge in [0.2, 0.25) is 0 Å². The first-order chi connectivity index (χ1) is 8.88. The molecule has 0 bridgehead atoms. The van der Waals surface area contributed by atoms with Crippen LogP contribution in [0.3, 0.4) is 0 Å². The minimum Gasteiger partial charge on any atom is -0.469 e. The molecule has 0 aliphatic heterocycles. The van der Waals surface area contributed by atoms with Crippen molar-refractivity contribution in [2.75, 3.05) is 7.11 Å². The van der Waals surface area contributed by atoms with E-state index in [1.54, 1.807) is 0 Å². The first-order valence-corrected chi connectivity index (χ1v) is 7.64. The van der Waals surface area contributed by atoms with Crippen molar-refractivity contribution in [2.45, 2.75) is 73.8 Å². The second kappa shape index (κ2) is 7.44. The Hall–Kier alpha value is -0.570. The maximum absolute atomic E-state index is 12.0. The molecule has 0 fully saturated rings. The topological polar surface area (TPSA) is 46.5 Å². The van der Waals surface area contributed by atoms with Gasteiger partial charge in [-0.1, -0.05) is 41.5 Å². The molecule has 0 aromatic heterocycles. The summed E-state index contributed by atoms with van der Waals surface area (Å²) in [6.45, 7) is 14.7. The fourth-order valence-electron chi connectivity index (χ4n) is 2.69. The Morgan fingerprint density at radius 3 is 1.95 bits per heavy atom. The van der Waals surface area contributed by atoms with Gasteiger partial charge in [-0.2, -0.15) is 0 Å². The first kappa shape index (κ1) is 19.4. The van der Waals surface area contributed by atoms with E-state index in [0.29, 0.717) is 6.42 Å².